The highest BCUT2D eigenvalue weighted by Crippen LogP contribution is 2.34. The number of carbonyl (C=O) groups is 1. The molecular formula is C27H30Cl3N7O2. The van der Waals surface area contributed by atoms with Crippen molar-refractivity contribution in [3.63, 3.8) is 0 Å². The summed E-state index contributed by atoms with van der Waals surface area (Å²) >= 11 is 19.1. The molecule has 0 fully saturated rings. The molecule has 0 aliphatic carbocycles. The van der Waals surface area contributed by atoms with Gasteiger partial charge < -0.3 is 20.5 Å². The Hall–Kier alpha value is -3.11. The van der Waals surface area contributed by atoms with Gasteiger partial charge in [-0.1, -0.05) is 60.8 Å². The number of halogens is 3. The first kappa shape index (κ1) is 28.9. The Morgan fingerprint density at radius 3 is 2.38 bits per heavy atom. The SMILES string of the molecule is CC(C)c1nn(-c2c(Cl)cc(Cl)cc2Cl)c2nc(Cc3ccc(NC(=O)NCCCN(C)C)cc3)[nH]c(=O)c12. The number of fused-ring (bicyclic) bond motifs is 1. The summed E-state index contributed by atoms with van der Waals surface area (Å²) in [5.41, 5.74) is 2.60. The molecule has 0 atom stereocenters. The van der Waals surface area contributed by atoms with Crippen LogP contribution in [0, 0.1) is 0 Å². The monoisotopic (exact) mass is 589 g/mol. The minimum atomic E-state index is -0.296. The van der Waals surface area contributed by atoms with Crippen molar-refractivity contribution in [1.29, 1.82) is 0 Å². The minimum Gasteiger partial charge on any atom is -0.338 e. The summed E-state index contributed by atoms with van der Waals surface area (Å²) in [5.74, 6) is 0.405. The fourth-order valence-electron chi connectivity index (χ4n) is 4.15. The van der Waals surface area contributed by atoms with Gasteiger partial charge in [-0.3, -0.25) is 4.79 Å². The molecule has 12 heteroatoms. The zero-order valence-electron chi connectivity index (χ0n) is 22.1. The van der Waals surface area contributed by atoms with Crippen LogP contribution in [0.4, 0.5) is 10.5 Å². The third-order valence-corrected chi connectivity index (χ3v) is 6.80. The highest BCUT2D eigenvalue weighted by molar-refractivity contribution is 6.40. The van der Waals surface area contributed by atoms with E-state index in [1.54, 1.807) is 24.3 Å². The molecule has 2 aromatic heterocycles. The Bertz CT molecular complexity index is 1520. The second-order valence-corrected chi connectivity index (χ2v) is 11.0. The standard InChI is InChI=1S/C27H30Cl3N7O2/c1-15(2)23-22-25(37(35-23)24-19(29)13-17(28)14-20(24)30)33-21(34-26(22)38)12-16-6-8-18(9-7-16)32-27(39)31-10-5-11-36(3)4/h6-9,13-15H,5,10-12H2,1-4H3,(H2,31,32,39)(H,33,34,38). The highest BCUT2D eigenvalue weighted by Gasteiger charge is 2.23. The number of hydrogen-bond donors (Lipinski definition) is 3. The quantitative estimate of drug-likeness (QED) is 0.212. The number of hydrogen-bond acceptors (Lipinski definition) is 5. The van der Waals surface area contributed by atoms with Crippen LogP contribution in [0.1, 0.15) is 43.3 Å². The molecule has 0 aliphatic rings. The van der Waals surface area contributed by atoms with E-state index in [1.807, 2.05) is 40.1 Å². The number of nitrogens with zero attached hydrogens (tertiary/aromatic N) is 4. The summed E-state index contributed by atoms with van der Waals surface area (Å²) < 4.78 is 1.51. The molecule has 9 nitrogen and oxygen atoms in total. The molecule has 0 saturated heterocycles. The van der Waals surface area contributed by atoms with Crippen molar-refractivity contribution in [2.45, 2.75) is 32.6 Å². The number of aromatic nitrogens is 4. The summed E-state index contributed by atoms with van der Waals surface area (Å²) in [5, 5.41) is 11.7. The maximum atomic E-state index is 13.2. The topological polar surface area (TPSA) is 108 Å². The number of amides is 2. The Kier molecular flexibility index (Phi) is 9.17. The van der Waals surface area contributed by atoms with Gasteiger partial charge in [-0.05, 0) is 62.8 Å². The van der Waals surface area contributed by atoms with Crippen molar-refractivity contribution in [2.75, 3.05) is 32.5 Å². The molecule has 0 radical (unpaired) electrons. The number of aromatic amines is 1. The lowest BCUT2D eigenvalue weighted by Gasteiger charge is -2.11. The van der Waals surface area contributed by atoms with Crippen LogP contribution in [0.25, 0.3) is 16.7 Å². The van der Waals surface area contributed by atoms with Crippen LogP contribution in [0.5, 0.6) is 0 Å². The van der Waals surface area contributed by atoms with Gasteiger partial charge in [0.25, 0.3) is 5.56 Å². The molecule has 0 unspecified atom stereocenters. The zero-order valence-corrected chi connectivity index (χ0v) is 24.4. The van der Waals surface area contributed by atoms with Crippen LogP contribution < -0.4 is 16.2 Å². The highest BCUT2D eigenvalue weighted by atomic mass is 35.5. The number of benzene rings is 2. The van der Waals surface area contributed by atoms with Gasteiger partial charge in [-0.25, -0.2) is 14.5 Å². The largest absolute Gasteiger partial charge is 0.338 e. The molecule has 0 aliphatic heterocycles. The first-order chi connectivity index (χ1) is 18.5. The Morgan fingerprint density at radius 2 is 1.77 bits per heavy atom. The first-order valence-corrected chi connectivity index (χ1v) is 13.6. The molecule has 2 aromatic carbocycles. The predicted octanol–water partition coefficient (Wildman–Crippen LogP) is 5.86. The third kappa shape index (κ3) is 6.91. The number of anilines is 1. The number of urea groups is 1. The molecule has 4 rings (SSSR count). The number of H-pyrrole nitrogens is 1. The third-order valence-electron chi connectivity index (χ3n) is 6.01. The maximum absolute atomic E-state index is 13.2. The summed E-state index contributed by atoms with van der Waals surface area (Å²) in [6, 6.07) is 10.2. The second kappa shape index (κ2) is 12.4. The lowest BCUT2D eigenvalue weighted by molar-refractivity contribution is 0.251. The Labute approximate surface area is 241 Å². The van der Waals surface area contributed by atoms with E-state index >= 15 is 0 Å². The average Bonchev–Trinajstić information content (AvgIpc) is 3.22. The van der Waals surface area contributed by atoms with E-state index in [-0.39, 0.29) is 17.5 Å². The molecule has 2 heterocycles. The number of nitrogens with one attached hydrogen (secondary N) is 3. The van der Waals surface area contributed by atoms with Gasteiger partial charge in [0.05, 0.1) is 15.7 Å². The molecule has 0 saturated carbocycles. The number of rotatable bonds is 9. The molecule has 39 heavy (non-hydrogen) atoms. The van der Waals surface area contributed by atoms with Crippen LogP contribution in [0.2, 0.25) is 15.1 Å². The lowest BCUT2D eigenvalue weighted by Crippen LogP contribution is -2.31. The van der Waals surface area contributed by atoms with Gasteiger partial charge in [0, 0.05) is 23.7 Å². The molecule has 0 spiro atoms. The van der Waals surface area contributed by atoms with E-state index in [0.717, 1.165) is 18.5 Å². The molecule has 0 bridgehead atoms. The van der Waals surface area contributed by atoms with E-state index in [0.29, 0.717) is 62.0 Å². The minimum absolute atomic E-state index is 0.0439. The second-order valence-electron chi connectivity index (χ2n) is 9.79. The van der Waals surface area contributed by atoms with E-state index in [9.17, 15) is 9.59 Å². The summed E-state index contributed by atoms with van der Waals surface area (Å²) in [4.78, 5) is 35.1. The van der Waals surface area contributed by atoms with Crippen LogP contribution >= 0.6 is 34.8 Å². The van der Waals surface area contributed by atoms with Gasteiger partial charge in [0.1, 0.15) is 16.9 Å². The van der Waals surface area contributed by atoms with Crippen LogP contribution in [-0.2, 0) is 6.42 Å². The van der Waals surface area contributed by atoms with Gasteiger partial charge in [-0.2, -0.15) is 5.10 Å². The van der Waals surface area contributed by atoms with Crippen LogP contribution in [-0.4, -0.2) is 57.9 Å². The van der Waals surface area contributed by atoms with E-state index in [1.165, 1.54) is 4.68 Å². The van der Waals surface area contributed by atoms with Crippen molar-refractivity contribution in [3.05, 3.63) is 78.9 Å². The fraction of sp³-hybridized carbons (Fsp3) is 0.333. The van der Waals surface area contributed by atoms with Crippen molar-refractivity contribution >= 4 is 57.6 Å². The van der Waals surface area contributed by atoms with Gasteiger partial charge in [0.15, 0.2) is 5.65 Å². The first-order valence-electron chi connectivity index (χ1n) is 12.5. The Morgan fingerprint density at radius 1 is 1.10 bits per heavy atom. The predicted molar refractivity (Wildman–Crippen MR) is 158 cm³/mol. The van der Waals surface area contributed by atoms with Gasteiger partial charge >= 0.3 is 6.03 Å². The number of carbonyl (C=O) groups excluding carboxylic acids is 1. The van der Waals surface area contributed by atoms with E-state index in [2.05, 4.69) is 25.6 Å². The maximum Gasteiger partial charge on any atom is 0.319 e. The molecule has 4 aromatic rings. The van der Waals surface area contributed by atoms with Crippen LogP contribution in [0.15, 0.2) is 41.2 Å². The van der Waals surface area contributed by atoms with Crippen molar-refractivity contribution in [3.8, 4) is 5.69 Å². The molecular weight excluding hydrogens is 561 g/mol. The fourth-order valence-corrected chi connectivity index (χ4v) is 5.13. The summed E-state index contributed by atoms with van der Waals surface area (Å²) in [7, 11) is 3.99. The normalized spacial score (nSPS) is 11.5. The van der Waals surface area contributed by atoms with E-state index < -0.39 is 0 Å². The molecule has 2 amide bonds. The van der Waals surface area contributed by atoms with Crippen molar-refractivity contribution in [2.24, 2.45) is 0 Å². The van der Waals surface area contributed by atoms with Crippen LogP contribution in [0.3, 0.4) is 0 Å². The lowest BCUT2D eigenvalue weighted by atomic mass is 10.1. The smallest absolute Gasteiger partial charge is 0.319 e. The van der Waals surface area contributed by atoms with E-state index in [4.69, 9.17) is 39.8 Å². The van der Waals surface area contributed by atoms with Crippen molar-refractivity contribution in [1.82, 2.24) is 30.0 Å². The zero-order chi connectivity index (χ0) is 28.3. The van der Waals surface area contributed by atoms with Gasteiger partial charge in [0.2, 0.25) is 0 Å². The average molecular weight is 591 g/mol. The summed E-state index contributed by atoms with van der Waals surface area (Å²) in [6.45, 7) is 5.38. The molecule has 206 valence electrons. The van der Waals surface area contributed by atoms with Crippen molar-refractivity contribution < 1.29 is 4.79 Å². The summed E-state index contributed by atoms with van der Waals surface area (Å²) in [6.07, 6.45) is 1.22. The molecule has 3 N–H and O–H groups in total. The Balaban J connectivity index is 1.59. The van der Waals surface area contributed by atoms with Gasteiger partial charge in [-0.15, -0.1) is 0 Å².